The summed E-state index contributed by atoms with van der Waals surface area (Å²) < 4.78 is 25.8. The second-order valence-electron chi connectivity index (χ2n) is 6.97. The first-order chi connectivity index (χ1) is 12.8. The summed E-state index contributed by atoms with van der Waals surface area (Å²) in [6, 6.07) is 15.3. The van der Waals surface area contributed by atoms with E-state index >= 15 is 0 Å². The topological polar surface area (TPSA) is 83.6 Å². The van der Waals surface area contributed by atoms with Gasteiger partial charge in [-0.15, -0.1) is 0 Å². The minimum atomic E-state index is -3.99. The van der Waals surface area contributed by atoms with Gasteiger partial charge in [-0.25, -0.2) is 12.7 Å². The third kappa shape index (κ3) is 3.88. The molecule has 27 heavy (non-hydrogen) atoms. The van der Waals surface area contributed by atoms with Crippen LogP contribution >= 0.6 is 0 Å². The lowest BCUT2D eigenvalue weighted by Gasteiger charge is -2.23. The Balaban J connectivity index is 1.78. The van der Waals surface area contributed by atoms with Gasteiger partial charge in [-0.1, -0.05) is 56.3 Å². The lowest BCUT2D eigenvalue weighted by molar-refractivity contribution is -0.121. The molecule has 1 heterocycles. The summed E-state index contributed by atoms with van der Waals surface area (Å²) in [6.45, 7) is 3.57. The summed E-state index contributed by atoms with van der Waals surface area (Å²) in [5.74, 6) is -0.841. The van der Waals surface area contributed by atoms with Crippen LogP contribution in [0.3, 0.4) is 0 Å². The van der Waals surface area contributed by atoms with Crippen molar-refractivity contribution in [1.29, 1.82) is 0 Å². The van der Waals surface area contributed by atoms with E-state index in [4.69, 9.17) is 0 Å². The molecule has 0 fully saturated rings. The zero-order valence-electron chi connectivity index (χ0n) is 15.3. The molecule has 1 N–H and O–H groups in total. The van der Waals surface area contributed by atoms with Crippen molar-refractivity contribution >= 4 is 21.8 Å². The van der Waals surface area contributed by atoms with E-state index < -0.39 is 28.4 Å². The van der Waals surface area contributed by atoms with E-state index in [1.165, 1.54) is 12.1 Å². The third-order valence-electron chi connectivity index (χ3n) is 4.44. The van der Waals surface area contributed by atoms with Crippen LogP contribution < -0.4 is 5.32 Å². The Hall–Kier alpha value is -2.67. The van der Waals surface area contributed by atoms with Crippen LogP contribution in [0.15, 0.2) is 59.5 Å². The smallest absolute Gasteiger partial charge is 0.269 e. The van der Waals surface area contributed by atoms with Gasteiger partial charge in [0.15, 0.2) is 0 Å². The zero-order chi connectivity index (χ0) is 19.6. The molecule has 0 aromatic heterocycles. The van der Waals surface area contributed by atoms with Crippen molar-refractivity contribution in [2.75, 3.05) is 6.54 Å². The first-order valence-electron chi connectivity index (χ1n) is 8.81. The molecule has 0 bridgehead atoms. The number of nitrogens with zero attached hydrogens (tertiary/aromatic N) is 1. The number of sulfonamides is 1. The summed E-state index contributed by atoms with van der Waals surface area (Å²) in [7, 11) is -3.99. The minimum Gasteiger partial charge on any atom is -0.348 e. The van der Waals surface area contributed by atoms with Gasteiger partial charge < -0.3 is 5.32 Å². The molecule has 0 saturated heterocycles. The highest BCUT2D eigenvalue weighted by Crippen LogP contribution is 2.29. The van der Waals surface area contributed by atoms with E-state index in [1.807, 2.05) is 44.2 Å². The van der Waals surface area contributed by atoms with Crippen molar-refractivity contribution in [3.05, 3.63) is 65.7 Å². The molecule has 2 amide bonds. The summed E-state index contributed by atoms with van der Waals surface area (Å²) in [5, 5.41) is 2.88. The van der Waals surface area contributed by atoms with Gasteiger partial charge in [-0.2, -0.15) is 0 Å². The Labute approximate surface area is 159 Å². The molecule has 3 rings (SSSR count). The van der Waals surface area contributed by atoms with E-state index in [1.54, 1.807) is 12.1 Å². The number of hydrogen-bond donors (Lipinski definition) is 1. The van der Waals surface area contributed by atoms with Crippen LogP contribution in [0.4, 0.5) is 0 Å². The average Bonchev–Trinajstić information content (AvgIpc) is 2.83. The van der Waals surface area contributed by atoms with Crippen molar-refractivity contribution in [3.63, 3.8) is 0 Å². The van der Waals surface area contributed by atoms with Gasteiger partial charge in [0.1, 0.15) is 11.4 Å². The molecule has 1 atom stereocenters. The fraction of sp³-hybridized carbons (Fsp3) is 0.300. The van der Waals surface area contributed by atoms with Crippen LogP contribution in [0, 0.1) is 5.92 Å². The van der Waals surface area contributed by atoms with Crippen molar-refractivity contribution in [1.82, 2.24) is 9.62 Å². The lowest BCUT2D eigenvalue weighted by Crippen LogP contribution is -2.41. The number of rotatable bonds is 6. The number of carbonyl (C=O) groups is 2. The fourth-order valence-corrected chi connectivity index (χ4v) is 4.72. The van der Waals surface area contributed by atoms with E-state index in [0.717, 1.165) is 5.56 Å². The Morgan fingerprint density at radius 3 is 2.30 bits per heavy atom. The predicted octanol–water partition coefficient (Wildman–Crippen LogP) is 2.73. The summed E-state index contributed by atoms with van der Waals surface area (Å²) >= 11 is 0. The first kappa shape index (κ1) is 19.1. The number of nitrogens with one attached hydrogen (secondary N) is 1. The highest BCUT2D eigenvalue weighted by atomic mass is 32.2. The Kier molecular flexibility index (Phi) is 5.32. The summed E-state index contributed by atoms with van der Waals surface area (Å²) in [5.41, 5.74) is 1.05. The van der Waals surface area contributed by atoms with Crippen molar-refractivity contribution in [2.24, 2.45) is 5.92 Å². The van der Waals surface area contributed by atoms with Crippen LogP contribution in [0.5, 0.6) is 0 Å². The molecular weight excluding hydrogens is 364 g/mol. The Morgan fingerprint density at radius 1 is 1.04 bits per heavy atom. The van der Waals surface area contributed by atoms with Gasteiger partial charge in [-0.3, -0.25) is 9.59 Å². The Morgan fingerprint density at radius 2 is 1.67 bits per heavy atom. The van der Waals surface area contributed by atoms with Gasteiger partial charge >= 0.3 is 0 Å². The lowest BCUT2D eigenvalue weighted by atomic mass is 9.97. The summed E-state index contributed by atoms with van der Waals surface area (Å²) in [4.78, 5) is 25.0. The highest BCUT2D eigenvalue weighted by molar-refractivity contribution is 7.90. The monoisotopic (exact) mass is 386 g/mol. The molecule has 0 aliphatic carbocycles. The Bertz CT molecular complexity index is 955. The SMILES string of the molecule is CC(C)CC(NC(=O)CN1C(=O)c2ccccc2S1(=O)=O)c1ccccc1. The van der Waals surface area contributed by atoms with Crippen molar-refractivity contribution in [2.45, 2.75) is 31.2 Å². The number of amides is 2. The fourth-order valence-electron chi connectivity index (χ4n) is 3.19. The quantitative estimate of drug-likeness (QED) is 0.827. The first-order valence-corrected chi connectivity index (χ1v) is 10.2. The number of hydrogen-bond acceptors (Lipinski definition) is 4. The van der Waals surface area contributed by atoms with Gasteiger partial charge in [0.25, 0.3) is 15.9 Å². The predicted molar refractivity (Wildman–Crippen MR) is 101 cm³/mol. The standard InChI is InChI=1S/C20H22N2O4S/c1-14(2)12-17(15-8-4-3-5-9-15)21-19(23)13-22-20(24)16-10-6-7-11-18(16)27(22,25)26/h3-11,14,17H,12-13H2,1-2H3,(H,21,23). The zero-order valence-corrected chi connectivity index (χ0v) is 16.1. The van der Waals surface area contributed by atoms with Gasteiger partial charge in [0.2, 0.25) is 5.91 Å². The van der Waals surface area contributed by atoms with Gasteiger partial charge in [-0.05, 0) is 30.0 Å². The molecule has 2 aromatic carbocycles. The molecule has 7 heteroatoms. The van der Waals surface area contributed by atoms with Crippen LogP contribution in [-0.4, -0.2) is 31.1 Å². The van der Waals surface area contributed by atoms with Gasteiger partial charge in [0, 0.05) is 0 Å². The second kappa shape index (κ2) is 7.52. The third-order valence-corrected chi connectivity index (χ3v) is 6.23. The maximum absolute atomic E-state index is 12.6. The van der Waals surface area contributed by atoms with Gasteiger partial charge in [0.05, 0.1) is 11.6 Å². The minimum absolute atomic E-state index is 0.0513. The van der Waals surface area contributed by atoms with Crippen LogP contribution in [0.1, 0.15) is 42.2 Å². The average molecular weight is 386 g/mol. The van der Waals surface area contributed by atoms with Crippen LogP contribution in [0.25, 0.3) is 0 Å². The maximum Gasteiger partial charge on any atom is 0.269 e. The van der Waals surface area contributed by atoms with E-state index in [9.17, 15) is 18.0 Å². The highest BCUT2D eigenvalue weighted by Gasteiger charge is 2.41. The molecule has 142 valence electrons. The summed E-state index contributed by atoms with van der Waals surface area (Å²) in [6.07, 6.45) is 0.705. The van der Waals surface area contributed by atoms with Crippen molar-refractivity contribution < 1.29 is 18.0 Å². The largest absolute Gasteiger partial charge is 0.348 e. The van der Waals surface area contributed by atoms with E-state index in [2.05, 4.69) is 5.32 Å². The molecule has 0 saturated carbocycles. The number of carbonyl (C=O) groups excluding carboxylic acids is 2. The maximum atomic E-state index is 12.6. The molecule has 1 aliphatic rings. The van der Waals surface area contributed by atoms with E-state index in [0.29, 0.717) is 16.6 Å². The van der Waals surface area contributed by atoms with E-state index in [-0.39, 0.29) is 16.5 Å². The van der Waals surface area contributed by atoms with Crippen LogP contribution in [0.2, 0.25) is 0 Å². The molecule has 6 nitrogen and oxygen atoms in total. The van der Waals surface area contributed by atoms with Crippen LogP contribution in [-0.2, 0) is 14.8 Å². The molecule has 0 radical (unpaired) electrons. The van der Waals surface area contributed by atoms with Crippen molar-refractivity contribution in [3.8, 4) is 0 Å². The number of benzene rings is 2. The number of fused-ring (bicyclic) bond motifs is 1. The molecule has 1 aliphatic heterocycles. The second-order valence-corrected chi connectivity index (χ2v) is 8.80. The molecule has 0 spiro atoms. The molecule has 2 aromatic rings. The molecular formula is C20H22N2O4S. The normalized spacial score (nSPS) is 16.3. The molecule has 1 unspecified atom stereocenters.